The quantitative estimate of drug-likeness (QED) is 0.750. The third kappa shape index (κ3) is 7.38. The van der Waals surface area contributed by atoms with Gasteiger partial charge >= 0.3 is 6.09 Å². The number of nitrogens with zero attached hydrogens (tertiary/aromatic N) is 1. The summed E-state index contributed by atoms with van der Waals surface area (Å²) in [5, 5.41) is 0. The summed E-state index contributed by atoms with van der Waals surface area (Å²) in [5.74, 6) is 0.250. The summed E-state index contributed by atoms with van der Waals surface area (Å²) in [7, 11) is -3.42. The average Bonchev–Trinajstić information content (AvgIpc) is 2.52. The fourth-order valence-electron chi connectivity index (χ4n) is 3.54. The van der Waals surface area contributed by atoms with Gasteiger partial charge in [-0.3, -0.25) is 4.79 Å². The number of piperidine rings is 1. The molecule has 1 aliphatic heterocycles. The second-order valence-corrected chi connectivity index (χ2v) is 10.2. The van der Waals surface area contributed by atoms with Crippen LogP contribution in [0.4, 0.5) is 4.79 Å². The van der Waals surface area contributed by atoms with Gasteiger partial charge in [-0.05, 0) is 46.5 Å². The molecule has 0 aromatic carbocycles. The van der Waals surface area contributed by atoms with Crippen LogP contribution >= 0.6 is 0 Å². The van der Waals surface area contributed by atoms with Gasteiger partial charge in [-0.25, -0.2) is 17.9 Å². The Morgan fingerprint density at radius 2 is 1.85 bits per heavy atom. The van der Waals surface area contributed by atoms with Gasteiger partial charge in [0.2, 0.25) is 10.0 Å². The Labute approximate surface area is 162 Å². The normalized spacial score (nSPS) is 25.5. The SMILES string of the molecule is CC(C)(C)OC(=O)N1CCCC(NS(C)(=O)=O)C1COC1CCC(=O)CC1. The molecule has 2 atom stereocenters. The molecule has 27 heavy (non-hydrogen) atoms. The van der Waals surface area contributed by atoms with Crippen LogP contribution in [0, 0.1) is 0 Å². The minimum absolute atomic E-state index is 0.0380. The van der Waals surface area contributed by atoms with E-state index in [4.69, 9.17) is 9.47 Å². The molecule has 1 N–H and O–H groups in total. The lowest BCUT2D eigenvalue weighted by Crippen LogP contribution is -2.59. The zero-order chi connectivity index (χ0) is 20.2. The molecular weight excluding hydrogens is 372 g/mol. The highest BCUT2D eigenvalue weighted by molar-refractivity contribution is 7.88. The van der Waals surface area contributed by atoms with E-state index in [0.717, 1.165) is 6.26 Å². The maximum absolute atomic E-state index is 12.7. The fraction of sp³-hybridized carbons (Fsp3) is 0.889. The Hall–Kier alpha value is -1.19. The number of hydrogen-bond donors (Lipinski definition) is 1. The number of ether oxygens (including phenoxy) is 2. The molecule has 9 heteroatoms. The van der Waals surface area contributed by atoms with Crippen LogP contribution in [-0.2, 0) is 24.3 Å². The molecule has 1 heterocycles. The van der Waals surface area contributed by atoms with E-state index in [0.29, 0.717) is 45.1 Å². The lowest BCUT2D eigenvalue weighted by molar-refractivity contribution is -0.123. The van der Waals surface area contributed by atoms with E-state index in [1.54, 1.807) is 25.7 Å². The molecule has 8 nitrogen and oxygen atoms in total. The monoisotopic (exact) mass is 404 g/mol. The number of likely N-dealkylation sites (tertiary alicyclic amines) is 1. The van der Waals surface area contributed by atoms with Crippen LogP contribution in [0.3, 0.4) is 0 Å². The minimum Gasteiger partial charge on any atom is -0.444 e. The van der Waals surface area contributed by atoms with E-state index in [1.165, 1.54) is 0 Å². The van der Waals surface area contributed by atoms with Crippen LogP contribution in [0.5, 0.6) is 0 Å². The van der Waals surface area contributed by atoms with Crippen molar-refractivity contribution in [2.45, 2.75) is 83.1 Å². The molecule has 156 valence electrons. The second-order valence-electron chi connectivity index (χ2n) is 8.45. The zero-order valence-corrected chi connectivity index (χ0v) is 17.5. The second kappa shape index (κ2) is 8.87. The van der Waals surface area contributed by atoms with E-state index < -0.39 is 33.8 Å². The Morgan fingerprint density at radius 1 is 1.22 bits per heavy atom. The molecule has 1 amide bonds. The van der Waals surface area contributed by atoms with E-state index in [1.807, 2.05) is 0 Å². The lowest BCUT2D eigenvalue weighted by Gasteiger charge is -2.42. The van der Waals surface area contributed by atoms with Crippen LogP contribution in [0.1, 0.15) is 59.3 Å². The molecule has 0 aromatic rings. The van der Waals surface area contributed by atoms with Crippen molar-refractivity contribution < 1.29 is 27.5 Å². The van der Waals surface area contributed by atoms with Crippen molar-refractivity contribution in [3.63, 3.8) is 0 Å². The molecule has 0 bridgehead atoms. The molecule has 0 spiro atoms. The van der Waals surface area contributed by atoms with Crippen LogP contribution in [0.15, 0.2) is 0 Å². The van der Waals surface area contributed by atoms with Crippen LogP contribution in [-0.4, -0.2) is 68.4 Å². The van der Waals surface area contributed by atoms with Crippen molar-refractivity contribution in [1.29, 1.82) is 0 Å². The molecule has 2 fully saturated rings. The van der Waals surface area contributed by atoms with Crippen molar-refractivity contribution in [3.8, 4) is 0 Å². The molecule has 1 aliphatic carbocycles. The summed E-state index contributed by atoms with van der Waals surface area (Å²) in [6, 6.07) is -0.868. The summed E-state index contributed by atoms with van der Waals surface area (Å²) in [4.78, 5) is 25.6. The number of nitrogens with one attached hydrogen (secondary N) is 1. The van der Waals surface area contributed by atoms with E-state index in [2.05, 4.69) is 4.72 Å². The largest absolute Gasteiger partial charge is 0.444 e. The summed E-state index contributed by atoms with van der Waals surface area (Å²) in [6.45, 7) is 6.10. The van der Waals surface area contributed by atoms with Crippen LogP contribution in [0.25, 0.3) is 0 Å². The third-order valence-corrected chi connectivity index (χ3v) is 5.50. The maximum atomic E-state index is 12.7. The predicted octanol–water partition coefficient (Wildman–Crippen LogP) is 1.83. The number of ketones is 1. The van der Waals surface area contributed by atoms with E-state index in [-0.39, 0.29) is 18.5 Å². The summed E-state index contributed by atoms with van der Waals surface area (Å²) in [6.07, 6.45) is 4.28. The van der Waals surface area contributed by atoms with Crippen molar-refractivity contribution in [2.24, 2.45) is 0 Å². The Balaban J connectivity index is 2.09. The first-order valence-corrected chi connectivity index (χ1v) is 11.4. The van der Waals surface area contributed by atoms with Gasteiger partial charge in [0.05, 0.1) is 25.0 Å². The molecule has 1 saturated heterocycles. The number of amides is 1. The zero-order valence-electron chi connectivity index (χ0n) is 16.7. The Kier molecular flexibility index (Phi) is 7.27. The lowest BCUT2D eigenvalue weighted by atomic mass is 9.95. The van der Waals surface area contributed by atoms with Gasteiger partial charge < -0.3 is 14.4 Å². The number of hydrogen-bond acceptors (Lipinski definition) is 6. The standard InChI is InChI=1S/C18H32N2O6S/c1-18(2,3)26-17(22)20-11-5-6-15(19-27(4,23)24)16(20)12-25-14-9-7-13(21)8-10-14/h14-16,19H,5-12H2,1-4H3. The molecule has 1 saturated carbocycles. The summed E-state index contributed by atoms with van der Waals surface area (Å²) in [5.41, 5.74) is -0.635. The number of Topliss-reactive ketones (excluding diaryl/α,β-unsaturated/α-hetero) is 1. The van der Waals surface area contributed by atoms with Gasteiger partial charge in [0, 0.05) is 25.4 Å². The van der Waals surface area contributed by atoms with Gasteiger partial charge in [-0.15, -0.1) is 0 Å². The third-order valence-electron chi connectivity index (χ3n) is 4.77. The van der Waals surface area contributed by atoms with Gasteiger partial charge in [-0.1, -0.05) is 0 Å². The number of carbonyl (C=O) groups is 2. The first-order chi connectivity index (χ1) is 12.4. The van der Waals surface area contributed by atoms with Crippen molar-refractivity contribution in [3.05, 3.63) is 0 Å². The fourth-order valence-corrected chi connectivity index (χ4v) is 4.36. The Bertz CT molecular complexity index is 633. The first kappa shape index (κ1) is 22.1. The topological polar surface area (TPSA) is 102 Å². The maximum Gasteiger partial charge on any atom is 0.410 e. The first-order valence-electron chi connectivity index (χ1n) is 9.55. The molecule has 0 aromatic heterocycles. The van der Waals surface area contributed by atoms with Crippen LogP contribution < -0.4 is 4.72 Å². The summed E-state index contributed by atoms with van der Waals surface area (Å²) >= 11 is 0. The van der Waals surface area contributed by atoms with E-state index >= 15 is 0 Å². The Morgan fingerprint density at radius 3 is 2.41 bits per heavy atom. The van der Waals surface area contributed by atoms with Gasteiger partial charge in [0.1, 0.15) is 11.4 Å². The predicted molar refractivity (Wildman–Crippen MR) is 101 cm³/mol. The van der Waals surface area contributed by atoms with Gasteiger partial charge in [-0.2, -0.15) is 0 Å². The smallest absolute Gasteiger partial charge is 0.410 e. The number of sulfonamides is 1. The molecule has 2 rings (SSSR count). The number of rotatable bonds is 5. The minimum atomic E-state index is -3.42. The highest BCUT2D eigenvalue weighted by atomic mass is 32.2. The van der Waals surface area contributed by atoms with Gasteiger partial charge in [0.15, 0.2) is 0 Å². The van der Waals surface area contributed by atoms with Crippen molar-refractivity contribution in [2.75, 3.05) is 19.4 Å². The van der Waals surface area contributed by atoms with Crippen LogP contribution in [0.2, 0.25) is 0 Å². The van der Waals surface area contributed by atoms with E-state index in [9.17, 15) is 18.0 Å². The highest BCUT2D eigenvalue weighted by Crippen LogP contribution is 2.24. The van der Waals surface area contributed by atoms with Crippen molar-refractivity contribution >= 4 is 21.9 Å². The van der Waals surface area contributed by atoms with Crippen molar-refractivity contribution in [1.82, 2.24) is 9.62 Å². The molecule has 2 aliphatic rings. The number of carbonyl (C=O) groups excluding carboxylic acids is 2. The highest BCUT2D eigenvalue weighted by Gasteiger charge is 2.38. The molecule has 2 unspecified atom stereocenters. The summed E-state index contributed by atoms with van der Waals surface area (Å²) < 4.78 is 37.7. The average molecular weight is 405 g/mol. The van der Waals surface area contributed by atoms with Gasteiger partial charge in [0.25, 0.3) is 0 Å². The molecular formula is C18H32N2O6S. The molecule has 0 radical (unpaired) electrons.